The third kappa shape index (κ3) is 3.03. The fourth-order valence-corrected chi connectivity index (χ4v) is 3.71. The number of anilines is 1. The molecule has 0 saturated carbocycles. The molecular formula is C20H21N5O2. The van der Waals surface area contributed by atoms with Gasteiger partial charge in [-0.15, -0.1) is 0 Å². The molecule has 0 spiro atoms. The minimum Gasteiger partial charge on any atom is -0.382 e. The molecule has 3 aromatic rings. The summed E-state index contributed by atoms with van der Waals surface area (Å²) in [6, 6.07) is 16.0. The van der Waals surface area contributed by atoms with Crippen molar-refractivity contribution in [1.82, 2.24) is 14.6 Å². The number of ether oxygens (including phenoxy) is 2. The average molecular weight is 363 g/mol. The molecule has 0 aliphatic carbocycles. The lowest BCUT2D eigenvalue weighted by molar-refractivity contribution is -0.0600. The summed E-state index contributed by atoms with van der Waals surface area (Å²) in [5.41, 5.74) is 7.28. The smallest absolute Gasteiger partial charge is 0.199 e. The van der Waals surface area contributed by atoms with Crippen LogP contribution in [0.15, 0.2) is 48.8 Å². The summed E-state index contributed by atoms with van der Waals surface area (Å²) in [4.78, 5) is 4.00. The average Bonchev–Trinajstić information content (AvgIpc) is 3.25. The SMILES string of the molecule is C[C@H]1C[C@@H](COCc2ccccc2)OC1(C#N)c1ccc2c(N)ncnn12. The molecule has 3 heterocycles. The van der Waals surface area contributed by atoms with Crippen LogP contribution in [0.1, 0.15) is 24.6 Å². The summed E-state index contributed by atoms with van der Waals surface area (Å²) in [7, 11) is 0. The molecule has 2 aromatic heterocycles. The van der Waals surface area contributed by atoms with Crippen molar-refractivity contribution >= 4 is 11.3 Å². The van der Waals surface area contributed by atoms with Crippen LogP contribution in [-0.2, 0) is 21.7 Å². The summed E-state index contributed by atoms with van der Waals surface area (Å²) < 4.78 is 13.7. The number of hydrogen-bond acceptors (Lipinski definition) is 6. The second-order valence-electron chi connectivity index (χ2n) is 6.89. The number of hydrogen-bond donors (Lipinski definition) is 1. The fourth-order valence-electron chi connectivity index (χ4n) is 3.71. The van der Waals surface area contributed by atoms with E-state index >= 15 is 0 Å². The second kappa shape index (κ2) is 6.99. The predicted molar refractivity (Wildman–Crippen MR) is 99.4 cm³/mol. The summed E-state index contributed by atoms with van der Waals surface area (Å²) in [6.07, 6.45) is 1.96. The van der Waals surface area contributed by atoms with Gasteiger partial charge in [0.25, 0.3) is 0 Å². The van der Waals surface area contributed by atoms with Crippen LogP contribution in [0.3, 0.4) is 0 Å². The number of nitrogen functional groups attached to an aromatic ring is 1. The summed E-state index contributed by atoms with van der Waals surface area (Å²) in [6.45, 7) is 2.97. The van der Waals surface area contributed by atoms with Gasteiger partial charge in [-0.2, -0.15) is 10.4 Å². The molecule has 1 aromatic carbocycles. The van der Waals surface area contributed by atoms with E-state index in [1.54, 1.807) is 4.52 Å². The Morgan fingerprint density at radius 1 is 1.33 bits per heavy atom. The lowest BCUT2D eigenvalue weighted by atomic mass is 9.87. The number of nitriles is 1. The molecule has 138 valence electrons. The molecule has 1 fully saturated rings. The van der Waals surface area contributed by atoms with Crippen LogP contribution in [0.4, 0.5) is 5.82 Å². The highest BCUT2D eigenvalue weighted by molar-refractivity contribution is 5.66. The van der Waals surface area contributed by atoms with E-state index in [4.69, 9.17) is 15.2 Å². The minimum absolute atomic E-state index is 0.0119. The number of benzene rings is 1. The van der Waals surface area contributed by atoms with Crippen LogP contribution >= 0.6 is 0 Å². The third-order valence-corrected chi connectivity index (χ3v) is 5.11. The van der Waals surface area contributed by atoms with Gasteiger partial charge in [-0.05, 0) is 24.1 Å². The highest BCUT2D eigenvalue weighted by atomic mass is 16.6. The van der Waals surface area contributed by atoms with Crippen molar-refractivity contribution in [2.75, 3.05) is 12.3 Å². The summed E-state index contributed by atoms with van der Waals surface area (Å²) in [5, 5.41) is 14.3. The zero-order chi connectivity index (χ0) is 18.9. The van der Waals surface area contributed by atoms with Gasteiger partial charge in [-0.25, -0.2) is 9.50 Å². The van der Waals surface area contributed by atoms with Gasteiger partial charge < -0.3 is 15.2 Å². The maximum Gasteiger partial charge on any atom is 0.199 e. The Balaban J connectivity index is 1.53. The molecule has 0 amide bonds. The molecule has 3 atom stereocenters. The zero-order valence-electron chi connectivity index (χ0n) is 15.1. The Labute approximate surface area is 157 Å². The van der Waals surface area contributed by atoms with Crippen molar-refractivity contribution in [3.05, 3.63) is 60.0 Å². The molecule has 7 heteroatoms. The predicted octanol–water partition coefficient (Wildman–Crippen LogP) is 2.67. The molecule has 4 rings (SSSR count). The van der Waals surface area contributed by atoms with Crippen molar-refractivity contribution < 1.29 is 9.47 Å². The van der Waals surface area contributed by atoms with E-state index in [1.807, 2.05) is 49.4 Å². The first kappa shape index (κ1) is 17.5. The van der Waals surface area contributed by atoms with E-state index in [0.29, 0.717) is 30.2 Å². The second-order valence-corrected chi connectivity index (χ2v) is 6.89. The topological polar surface area (TPSA) is 98.5 Å². The van der Waals surface area contributed by atoms with E-state index in [0.717, 1.165) is 12.0 Å². The Morgan fingerprint density at radius 3 is 2.93 bits per heavy atom. The van der Waals surface area contributed by atoms with Crippen molar-refractivity contribution in [3.63, 3.8) is 0 Å². The standard InChI is InChI=1S/C20H21N5O2/c1-14-9-16(11-26-10-15-5-3-2-4-6-15)27-20(14,12-21)18-8-7-17-19(22)23-13-24-25(17)18/h2-8,13-14,16H,9-11H2,1H3,(H2,22,23,24)/t14-,16-,20?/m0/s1. The van der Waals surface area contributed by atoms with Gasteiger partial charge in [0, 0.05) is 5.92 Å². The first-order chi connectivity index (χ1) is 13.1. The molecule has 1 aliphatic heterocycles. The van der Waals surface area contributed by atoms with Crippen molar-refractivity contribution in [2.24, 2.45) is 5.92 Å². The van der Waals surface area contributed by atoms with Gasteiger partial charge in [0.2, 0.25) is 0 Å². The van der Waals surface area contributed by atoms with E-state index < -0.39 is 5.60 Å². The molecule has 0 radical (unpaired) electrons. The monoisotopic (exact) mass is 363 g/mol. The Bertz CT molecular complexity index is 981. The van der Waals surface area contributed by atoms with Gasteiger partial charge in [0.15, 0.2) is 11.4 Å². The van der Waals surface area contributed by atoms with E-state index in [2.05, 4.69) is 16.2 Å². The Kier molecular flexibility index (Phi) is 4.52. The number of aromatic nitrogens is 3. The fraction of sp³-hybridized carbons (Fsp3) is 0.350. The highest BCUT2D eigenvalue weighted by Crippen LogP contribution is 2.44. The molecular weight excluding hydrogens is 342 g/mol. The quantitative estimate of drug-likeness (QED) is 0.748. The zero-order valence-corrected chi connectivity index (χ0v) is 15.1. The number of nitrogens with zero attached hydrogens (tertiary/aromatic N) is 4. The lowest BCUT2D eigenvalue weighted by Crippen LogP contribution is -2.32. The Hall–Kier alpha value is -2.95. The minimum atomic E-state index is -1.09. The number of fused-ring (bicyclic) bond motifs is 1. The lowest BCUT2D eigenvalue weighted by Gasteiger charge is -2.25. The van der Waals surface area contributed by atoms with Gasteiger partial charge in [0.1, 0.15) is 17.9 Å². The van der Waals surface area contributed by atoms with E-state index in [1.165, 1.54) is 6.33 Å². The van der Waals surface area contributed by atoms with Crippen LogP contribution in [0.2, 0.25) is 0 Å². The largest absolute Gasteiger partial charge is 0.382 e. The molecule has 27 heavy (non-hydrogen) atoms. The van der Waals surface area contributed by atoms with Crippen molar-refractivity contribution in [1.29, 1.82) is 5.26 Å². The first-order valence-electron chi connectivity index (χ1n) is 8.93. The molecule has 7 nitrogen and oxygen atoms in total. The van der Waals surface area contributed by atoms with Crippen LogP contribution in [0.5, 0.6) is 0 Å². The Morgan fingerprint density at radius 2 is 2.15 bits per heavy atom. The van der Waals surface area contributed by atoms with Gasteiger partial charge >= 0.3 is 0 Å². The molecule has 1 unspecified atom stereocenters. The molecule has 1 saturated heterocycles. The van der Waals surface area contributed by atoms with Gasteiger partial charge in [0.05, 0.1) is 25.0 Å². The van der Waals surface area contributed by atoms with Gasteiger partial charge in [-0.1, -0.05) is 37.3 Å². The van der Waals surface area contributed by atoms with Crippen molar-refractivity contribution in [3.8, 4) is 6.07 Å². The normalized spacial score (nSPS) is 24.9. The molecule has 2 N–H and O–H groups in total. The number of nitrogens with two attached hydrogens (primary N) is 1. The van der Waals surface area contributed by atoms with Gasteiger partial charge in [-0.3, -0.25) is 0 Å². The van der Waals surface area contributed by atoms with Crippen LogP contribution in [0, 0.1) is 17.2 Å². The maximum atomic E-state index is 10.0. The van der Waals surface area contributed by atoms with Crippen LogP contribution in [-0.4, -0.2) is 27.3 Å². The highest BCUT2D eigenvalue weighted by Gasteiger charge is 2.50. The van der Waals surface area contributed by atoms with Crippen LogP contribution < -0.4 is 5.73 Å². The van der Waals surface area contributed by atoms with E-state index in [9.17, 15) is 5.26 Å². The number of rotatable bonds is 5. The molecule has 0 bridgehead atoms. The van der Waals surface area contributed by atoms with Crippen LogP contribution in [0.25, 0.3) is 5.52 Å². The summed E-state index contributed by atoms with van der Waals surface area (Å²) >= 11 is 0. The maximum absolute atomic E-state index is 10.0. The first-order valence-corrected chi connectivity index (χ1v) is 8.93. The van der Waals surface area contributed by atoms with Crippen molar-refractivity contribution in [2.45, 2.75) is 31.7 Å². The molecule has 1 aliphatic rings. The third-order valence-electron chi connectivity index (χ3n) is 5.11. The summed E-state index contributed by atoms with van der Waals surface area (Å²) in [5.74, 6) is 0.361. The van der Waals surface area contributed by atoms with E-state index in [-0.39, 0.29) is 12.0 Å².